The molecule has 0 fully saturated rings. The van der Waals surface area contributed by atoms with E-state index in [1.165, 1.54) is 0 Å². The molecule has 0 atom stereocenters. The van der Waals surface area contributed by atoms with Crippen molar-refractivity contribution >= 4 is 11.7 Å². The van der Waals surface area contributed by atoms with Gasteiger partial charge in [0.2, 0.25) is 0 Å². The van der Waals surface area contributed by atoms with Crippen LogP contribution in [0.15, 0.2) is 48.8 Å². The van der Waals surface area contributed by atoms with Gasteiger partial charge in [-0.1, -0.05) is 12.1 Å². The predicted octanol–water partition coefficient (Wildman–Crippen LogP) is 2.87. The van der Waals surface area contributed by atoms with Gasteiger partial charge >= 0.3 is 5.97 Å². The monoisotopic (exact) mass is 256 g/mol. The van der Waals surface area contributed by atoms with E-state index in [1.54, 1.807) is 25.4 Å². The lowest BCUT2D eigenvalue weighted by atomic mass is 10.1. The van der Waals surface area contributed by atoms with E-state index in [2.05, 4.69) is 10.3 Å². The molecular weight excluding hydrogens is 240 g/mol. The predicted molar refractivity (Wildman–Crippen MR) is 74.0 cm³/mol. The Hall–Kier alpha value is -2.36. The molecule has 0 aliphatic carbocycles. The van der Waals surface area contributed by atoms with Crippen LogP contribution in [0.1, 0.15) is 22.8 Å². The number of nitrogens with one attached hydrogen (secondary N) is 1. The zero-order valence-corrected chi connectivity index (χ0v) is 10.8. The minimum absolute atomic E-state index is 0.305. The summed E-state index contributed by atoms with van der Waals surface area (Å²) in [7, 11) is 0. The van der Waals surface area contributed by atoms with E-state index in [0.29, 0.717) is 18.7 Å². The van der Waals surface area contributed by atoms with Crippen LogP contribution in [-0.4, -0.2) is 17.6 Å². The van der Waals surface area contributed by atoms with Crippen LogP contribution < -0.4 is 5.32 Å². The van der Waals surface area contributed by atoms with E-state index in [1.807, 2.05) is 30.3 Å². The number of hydrogen-bond acceptors (Lipinski definition) is 4. The van der Waals surface area contributed by atoms with Gasteiger partial charge in [-0.3, -0.25) is 4.98 Å². The molecule has 0 unspecified atom stereocenters. The van der Waals surface area contributed by atoms with Gasteiger partial charge in [0.25, 0.3) is 0 Å². The summed E-state index contributed by atoms with van der Waals surface area (Å²) in [6, 6.07) is 11.2. The molecule has 2 aromatic rings. The molecule has 0 radical (unpaired) electrons. The number of para-hydroxylation sites is 1. The summed E-state index contributed by atoms with van der Waals surface area (Å²) >= 11 is 0. The SMILES string of the molecule is CCOC(=O)c1ccccc1NCc1ccncc1. The highest BCUT2D eigenvalue weighted by atomic mass is 16.5. The number of aromatic nitrogens is 1. The smallest absolute Gasteiger partial charge is 0.340 e. The molecule has 1 heterocycles. The first kappa shape index (κ1) is 13.1. The number of pyridine rings is 1. The summed E-state index contributed by atoms with van der Waals surface area (Å²) < 4.78 is 5.03. The van der Waals surface area contributed by atoms with Gasteiger partial charge in [0.05, 0.1) is 12.2 Å². The maximum Gasteiger partial charge on any atom is 0.340 e. The van der Waals surface area contributed by atoms with Crippen molar-refractivity contribution in [3.05, 3.63) is 59.9 Å². The molecule has 0 bridgehead atoms. The number of ether oxygens (including phenoxy) is 1. The van der Waals surface area contributed by atoms with Crippen molar-refractivity contribution < 1.29 is 9.53 Å². The number of hydrogen-bond donors (Lipinski definition) is 1. The highest BCUT2D eigenvalue weighted by molar-refractivity contribution is 5.95. The second kappa shape index (κ2) is 6.54. The minimum Gasteiger partial charge on any atom is -0.462 e. The molecule has 0 saturated heterocycles. The molecule has 0 saturated carbocycles. The zero-order chi connectivity index (χ0) is 13.5. The Kier molecular flexibility index (Phi) is 4.50. The summed E-state index contributed by atoms with van der Waals surface area (Å²) in [5.41, 5.74) is 2.44. The van der Waals surface area contributed by atoms with Crippen LogP contribution in [0, 0.1) is 0 Å². The lowest BCUT2D eigenvalue weighted by Gasteiger charge is -2.11. The van der Waals surface area contributed by atoms with Crippen LogP contribution in [0.2, 0.25) is 0 Å². The van der Waals surface area contributed by atoms with E-state index in [9.17, 15) is 4.79 Å². The zero-order valence-electron chi connectivity index (χ0n) is 10.8. The van der Waals surface area contributed by atoms with Crippen LogP contribution in [-0.2, 0) is 11.3 Å². The largest absolute Gasteiger partial charge is 0.462 e. The van der Waals surface area contributed by atoms with Gasteiger partial charge in [-0.25, -0.2) is 4.79 Å². The number of anilines is 1. The summed E-state index contributed by atoms with van der Waals surface area (Å²) in [5.74, 6) is -0.305. The molecule has 1 aromatic carbocycles. The topological polar surface area (TPSA) is 51.2 Å². The van der Waals surface area contributed by atoms with Crippen LogP contribution in [0.3, 0.4) is 0 Å². The van der Waals surface area contributed by atoms with E-state index >= 15 is 0 Å². The lowest BCUT2D eigenvalue weighted by Crippen LogP contribution is -2.09. The van der Waals surface area contributed by atoms with Crippen molar-refractivity contribution in [2.75, 3.05) is 11.9 Å². The van der Waals surface area contributed by atoms with E-state index < -0.39 is 0 Å². The van der Waals surface area contributed by atoms with Crippen LogP contribution in [0.4, 0.5) is 5.69 Å². The fourth-order valence-electron chi connectivity index (χ4n) is 1.72. The number of rotatable bonds is 5. The lowest BCUT2D eigenvalue weighted by molar-refractivity contribution is 0.0527. The van der Waals surface area contributed by atoms with Crippen LogP contribution in [0.25, 0.3) is 0 Å². The Balaban J connectivity index is 2.10. The van der Waals surface area contributed by atoms with E-state index in [0.717, 1.165) is 11.3 Å². The fraction of sp³-hybridized carbons (Fsp3) is 0.200. The highest BCUT2D eigenvalue weighted by Gasteiger charge is 2.11. The van der Waals surface area contributed by atoms with Gasteiger partial charge in [-0.2, -0.15) is 0 Å². The molecular formula is C15H16N2O2. The average molecular weight is 256 g/mol. The Labute approximate surface area is 112 Å². The first-order valence-corrected chi connectivity index (χ1v) is 6.20. The van der Waals surface area contributed by atoms with Gasteiger partial charge in [0.1, 0.15) is 0 Å². The first-order valence-electron chi connectivity index (χ1n) is 6.20. The number of nitrogens with zero attached hydrogens (tertiary/aromatic N) is 1. The summed E-state index contributed by atoms with van der Waals surface area (Å²) in [5, 5.41) is 3.24. The molecule has 4 nitrogen and oxygen atoms in total. The van der Waals surface area contributed by atoms with Gasteiger partial charge in [0, 0.05) is 24.6 Å². The standard InChI is InChI=1S/C15H16N2O2/c1-2-19-15(18)13-5-3-4-6-14(13)17-11-12-7-9-16-10-8-12/h3-10,17H,2,11H2,1H3. The third-order valence-electron chi connectivity index (χ3n) is 2.65. The molecule has 1 aromatic heterocycles. The van der Waals surface area contributed by atoms with Crippen LogP contribution in [0.5, 0.6) is 0 Å². The van der Waals surface area contributed by atoms with Crippen molar-refractivity contribution in [1.82, 2.24) is 4.98 Å². The van der Waals surface area contributed by atoms with Crippen LogP contribution >= 0.6 is 0 Å². The maximum atomic E-state index is 11.8. The third kappa shape index (κ3) is 3.55. The first-order chi connectivity index (χ1) is 9.31. The number of carbonyl (C=O) groups excluding carboxylic acids is 1. The highest BCUT2D eigenvalue weighted by Crippen LogP contribution is 2.17. The van der Waals surface area contributed by atoms with E-state index in [4.69, 9.17) is 4.74 Å². The van der Waals surface area contributed by atoms with Crippen molar-refractivity contribution in [3.8, 4) is 0 Å². The quantitative estimate of drug-likeness (QED) is 0.836. The Morgan fingerprint density at radius 3 is 2.68 bits per heavy atom. The Morgan fingerprint density at radius 2 is 1.95 bits per heavy atom. The fourth-order valence-corrected chi connectivity index (χ4v) is 1.72. The summed E-state index contributed by atoms with van der Waals surface area (Å²) in [6.07, 6.45) is 3.49. The minimum atomic E-state index is -0.305. The normalized spacial score (nSPS) is 9.95. The van der Waals surface area contributed by atoms with Gasteiger partial charge < -0.3 is 10.1 Å². The van der Waals surface area contributed by atoms with Gasteiger partial charge in [-0.05, 0) is 36.8 Å². The van der Waals surface area contributed by atoms with Crippen molar-refractivity contribution in [1.29, 1.82) is 0 Å². The molecule has 0 aliphatic heterocycles. The molecule has 4 heteroatoms. The van der Waals surface area contributed by atoms with Gasteiger partial charge in [-0.15, -0.1) is 0 Å². The second-order valence-corrected chi connectivity index (χ2v) is 3.98. The van der Waals surface area contributed by atoms with Crippen molar-refractivity contribution in [2.45, 2.75) is 13.5 Å². The molecule has 0 aliphatic rings. The molecule has 98 valence electrons. The third-order valence-corrected chi connectivity index (χ3v) is 2.65. The number of esters is 1. The van der Waals surface area contributed by atoms with E-state index in [-0.39, 0.29) is 5.97 Å². The summed E-state index contributed by atoms with van der Waals surface area (Å²) in [4.78, 5) is 15.8. The summed E-state index contributed by atoms with van der Waals surface area (Å²) in [6.45, 7) is 2.81. The molecule has 1 N–H and O–H groups in total. The second-order valence-electron chi connectivity index (χ2n) is 3.98. The van der Waals surface area contributed by atoms with Crippen molar-refractivity contribution in [3.63, 3.8) is 0 Å². The molecule has 19 heavy (non-hydrogen) atoms. The van der Waals surface area contributed by atoms with Crippen molar-refractivity contribution in [2.24, 2.45) is 0 Å². The maximum absolute atomic E-state index is 11.8. The Morgan fingerprint density at radius 1 is 1.21 bits per heavy atom. The van der Waals surface area contributed by atoms with Gasteiger partial charge in [0.15, 0.2) is 0 Å². The Bertz CT molecular complexity index is 541. The molecule has 2 rings (SSSR count). The number of carbonyl (C=O) groups is 1. The molecule has 0 amide bonds. The molecule has 0 spiro atoms. The number of benzene rings is 1. The average Bonchev–Trinajstić information content (AvgIpc) is 2.47.